The number of carbonyl (C=O) groups excluding carboxylic acids is 1. The third kappa shape index (κ3) is 13.4. The second kappa shape index (κ2) is 18.3. The van der Waals surface area contributed by atoms with Gasteiger partial charge in [-0.3, -0.25) is 4.79 Å². The number of hydrogen-bond acceptors (Lipinski definition) is 6. The molecule has 7 heteroatoms. The molecule has 2 rings (SSSR count). The zero-order valence-electron chi connectivity index (χ0n) is 24.5. The molecule has 3 atom stereocenters. The number of carbonyl (C=O) groups is 1. The normalized spacial score (nSPS) is 13.9. The Morgan fingerprint density at radius 3 is 1.84 bits per heavy atom. The Morgan fingerprint density at radius 2 is 1.43 bits per heavy atom. The minimum Gasteiger partial charge on any atom is -0.497 e. The van der Waals surface area contributed by atoms with Crippen molar-refractivity contribution >= 4 is 21.7 Å². The molecule has 0 radical (unpaired) electrons. The minimum atomic E-state index is -0.807. The van der Waals surface area contributed by atoms with E-state index in [4.69, 9.17) is 9.47 Å². The molecule has 0 heterocycles. The zero-order valence-corrected chi connectivity index (χ0v) is 26.1. The van der Waals surface area contributed by atoms with Crippen LogP contribution in [0.4, 0.5) is 0 Å². The molecule has 0 bridgehead atoms. The van der Waals surface area contributed by atoms with E-state index >= 15 is 0 Å². The van der Waals surface area contributed by atoms with E-state index in [1.807, 2.05) is 102 Å². The highest BCUT2D eigenvalue weighted by Gasteiger charge is 2.34. The van der Waals surface area contributed by atoms with Gasteiger partial charge in [-0.1, -0.05) is 61.8 Å². The Bertz CT molecular complexity index is 907. The van der Waals surface area contributed by atoms with Crippen LogP contribution in [0.3, 0.4) is 0 Å². The molecule has 1 N–H and O–H groups in total. The zero-order chi connectivity index (χ0) is 28.6. The fourth-order valence-corrected chi connectivity index (χ4v) is 4.40. The molecule has 0 aliphatic carbocycles. The van der Waals surface area contributed by atoms with Crippen LogP contribution in [0, 0.1) is 11.8 Å². The fraction of sp³-hybridized carbons (Fsp3) is 0.567. The minimum absolute atomic E-state index is 0.157. The number of ether oxygens (including phenoxy) is 2. The second-order valence-electron chi connectivity index (χ2n) is 9.82. The molecule has 0 amide bonds. The van der Waals surface area contributed by atoms with Crippen LogP contribution in [0.1, 0.15) is 46.1 Å². The summed E-state index contributed by atoms with van der Waals surface area (Å²) in [6, 6.07) is 15.4. The number of methoxy groups -OCH3 is 2. The number of rotatable bonds is 11. The molecule has 0 aliphatic heterocycles. The van der Waals surface area contributed by atoms with Crippen LogP contribution < -0.4 is 9.47 Å². The van der Waals surface area contributed by atoms with Gasteiger partial charge in [-0.15, -0.1) is 0 Å². The summed E-state index contributed by atoms with van der Waals surface area (Å²) in [6.45, 7) is 9.71. The monoisotopic (exact) mass is 580 g/mol. The molecule has 0 saturated heterocycles. The first-order chi connectivity index (χ1) is 17.3. The third-order valence-electron chi connectivity index (χ3n) is 6.13. The number of ketones is 1. The first kappa shape index (κ1) is 35.1. The Morgan fingerprint density at radius 1 is 0.919 bits per heavy atom. The van der Waals surface area contributed by atoms with Crippen LogP contribution in [0.15, 0.2) is 53.0 Å². The number of benzene rings is 2. The first-order valence-corrected chi connectivity index (χ1v) is 13.6. The van der Waals surface area contributed by atoms with Crippen LogP contribution in [0.25, 0.3) is 0 Å². The highest BCUT2D eigenvalue weighted by Crippen LogP contribution is 2.35. The van der Waals surface area contributed by atoms with Crippen LogP contribution in [0.5, 0.6) is 11.5 Å². The maximum atomic E-state index is 11.0. The van der Waals surface area contributed by atoms with E-state index in [-0.39, 0.29) is 11.8 Å². The van der Waals surface area contributed by atoms with Gasteiger partial charge in [0.15, 0.2) is 0 Å². The summed E-state index contributed by atoms with van der Waals surface area (Å²) in [4.78, 5) is 15.2. The van der Waals surface area contributed by atoms with Crippen molar-refractivity contribution in [3.05, 3.63) is 58.6 Å². The quantitative estimate of drug-likeness (QED) is 0.346. The summed E-state index contributed by atoms with van der Waals surface area (Å²) in [5, 5.41) is 10.9. The highest BCUT2D eigenvalue weighted by molar-refractivity contribution is 9.10. The van der Waals surface area contributed by atoms with E-state index in [0.29, 0.717) is 18.6 Å². The summed E-state index contributed by atoms with van der Waals surface area (Å²) < 4.78 is 11.2. The average Bonchev–Trinajstić information content (AvgIpc) is 2.87. The van der Waals surface area contributed by atoms with Crippen molar-refractivity contribution in [2.24, 2.45) is 11.8 Å². The summed E-state index contributed by atoms with van der Waals surface area (Å²) in [5.74, 6) is 2.37. The fourth-order valence-electron chi connectivity index (χ4n) is 4.02. The summed E-state index contributed by atoms with van der Waals surface area (Å²) in [7, 11) is 11.3. The summed E-state index contributed by atoms with van der Waals surface area (Å²) >= 11 is 3.32. The van der Waals surface area contributed by atoms with Crippen molar-refractivity contribution in [3.63, 3.8) is 0 Å². The van der Waals surface area contributed by atoms with E-state index in [1.165, 1.54) is 0 Å². The van der Waals surface area contributed by atoms with E-state index in [9.17, 15) is 9.90 Å². The molecule has 2 aromatic carbocycles. The number of halogens is 1. The maximum absolute atomic E-state index is 11.0. The van der Waals surface area contributed by atoms with Gasteiger partial charge in [0, 0.05) is 35.8 Å². The lowest BCUT2D eigenvalue weighted by atomic mass is 9.80. The molecule has 37 heavy (non-hydrogen) atoms. The van der Waals surface area contributed by atoms with Gasteiger partial charge in [-0.2, -0.15) is 0 Å². The number of aliphatic hydroxyl groups is 1. The lowest BCUT2D eigenvalue weighted by Crippen LogP contribution is -2.38. The van der Waals surface area contributed by atoms with Crippen molar-refractivity contribution < 1.29 is 19.4 Å². The van der Waals surface area contributed by atoms with Crippen molar-refractivity contribution in [2.75, 3.05) is 55.5 Å². The van der Waals surface area contributed by atoms with E-state index in [1.54, 1.807) is 14.2 Å². The lowest BCUT2D eigenvalue weighted by molar-refractivity contribution is -0.122. The van der Waals surface area contributed by atoms with Gasteiger partial charge in [0.1, 0.15) is 17.3 Å². The standard InChI is InChI=1S/C15H25NO2.C8H17NO.C7H7BrO/c1-6-15(17,12(2)11-16(3)4)13-8-7-9-14(10-13)18-5;1-5-8(10)7(2)6-9(3)4;1-9-7-4-2-3-6(8)5-7/h7-10,12,17H,6,11H2,1-5H3;7H,5-6H2,1-4H3;2-5H,1H3/t12?,15-;7-;/m01./s1. The molecule has 2 aromatic rings. The molecule has 0 saturated carbocycles. The second-order valence-corrected chi connectivity index (χ2v) is 10.7. The number of nitrogens with zero attached hydrogens (tertiary/aromatic N) is 2. The molecule has 1 unspecified atom stereocenters. The Hall–Kier alpha value is -1.93. The van der Waals surface area contributed by atoms with Crippen LogP contribution in [-0.2, 0) is 10.4 Å². The Balaban J connectivity index is 0.000000577. The molecule has 0 fully saturated rings. The van der Waals surface area contributed by atoms with E-state index in [2.05, 4.69) is 27.8 Å². The molecule has 0 aliphatic rings. The molecule has 210 valence electrons. The smallest absolute Gasteiger partial charge is 0.136 e. The lowest BCUT2D eigenvalue weighted by Gasteiger charge is -2.35. The van der Waals surface area contributed by atoms with Gasteiger partial charge in [0.25, 0.3) is 0 Å². The maximum Gasteiger partial charge on any atom is 0.136 e. The predicted octanol–water partition coefficient (Wildman–Crippen LogP) is 6.11. The van der Waals surface area contributed by atoms with Gasteiger partial charge >= 0.3 is 0 Å². The average molecular weight is 582 g/mol. The molecule has 6 nitrogen and oxygen atoms in total. The molecular weight excluding hydrogens is 532 g/mol. The van der Waals surface area contributed by atoms with Crippen LogP contribution in [-0.4, -0.2) is 76.2 Å². The molecule has 0 aromatic heterocycles. The van der Waals surface area contributed by atoms with Crippen LogP contribution in [0.2, 0.25) is 0 Å². The van der Waals surface area contributed by atoms with Crippen LogP contribution >= 0.6 is 15.9 Å². The number of Topliss-reactive ketones (excluding diaryl/α,β-unsaturated/α-hetero) is 1. The topological polar surface area (TPSA) is 62.2 Å². The van der Waals surface area contributed by atoms with Gasteiger partial charge in [-0.25, -0.2) is 0 Å². The van der Waals surface area contributed by atoms with Crippen molar-refractivity contribution in [1.29, 1.82) is 0 Å². The van der Waals surface area contributed by atoms with Gasteiger partial charge < -0.3 is 24.4 Å². The molecule has 0 spiro atoms. The van der Waals surface area contributed by atoms with Gasteiger partial charge in [-0.05, 0) is 70.5 Å². The SMILES string of the molecule is CCC(=O)[C@H](C)CN(C)C.CC[C@@](O)(c1cccc(OC)c1)C(C)CN(C)C.COc1cccc(Br)c1. The van der Waals surface area contributed by atoms with Crippen molar-refractivity contribution in [2.45, 2.75) is 46.1 Å². The Labute approximate surface area is 234 Å². The largest absolute Gasteiger partial charge is 0.497 e. The summed E-state index contributed by atoms with van der Waals surface area (Å²) in [5.41, 5.74) is 0.123. The number of hydrogen-bond donors (Lipinski definition) is 1. The Kier molecular flexibility index (Phi) is 17.4. The van der Waals surface area contributed by atoms with Gasteiger partial charge in [0.2, 0.25) is 0 Å². The van der Waals surface area contributed by atoms with Crippen molar-refractivity contribution in [3.8, 4) is 11.5 Å². The van der Waals surface area contributed by atoms with Crippen molar-refractivity contribution in [1.82, 2.24) is 9.80 Å². The summed E-state index contributed by atoms with van der Waals surface area (Å²) in [6.07, 6.45) is 1.35. The van der Waals surface area contributed by atoms with E-state index in [0.717, 1.165) is 34.6 Å². The predicted molar refractivity (Wildman–Crippen MR) is 159 cm³/mol. The van der Waals surface area contributed by atoms with Gasteiger partial charge in [0.05, 0.1) is 19.8 Å². The third-order valence-corrected chi connectivity index (χ3v) is 6.63. The molecular formula is C30H49BrN2O4. The highest BCUT2D eigenvalue weighted by atomic mass is 79.9. The first-order valence-electron chi connectivity index (χ1n) is 12.8. The van der Waals surface area contributed by atoms with E-state index < -0.39 is 5.60 Å².